The van der Waals surface area contributed by atoms with Crippen LogP contribution in [0.25, 0.3) is 0 Å². The summed E-state index contributed by atoms with van der Waals surface area (Å²) in [6.07, 6.45) is 5.84. The van der Waals surface area contributed by atoms with Crippen LogP contribution < -0.4 is 10.0 Å². The number of sulfonamides is 1. The molecule has 0 saturated heterocycles. The van der Waals surface area contributed by atoms with Crippen molar-refractivity contribution in [3.8, 4) is 0 Å². The van der Waals surface area contributed by atoms with Crippen molar-refractivity contribution >= 4 is 15.9 Å². The predicted octanol–water partition coefficient (Wildman–Crippen LogP) is 3.27. The van der Waals surface area contributed by atoms with E-state index in [4.69, 9.17) is 0 Å². The summed E-state index contributed by atoms with van der Waals surface area (Å²) >= 11 is 0. The quantitative estimate of drug-likeness (QED) is 0.767. The van der Waals surface area contributed by atoms with Gasteiger partial charge >= 0.3 is 0 Å². The first-order valence-corrected chi connectivity index (χ1v) is 11.0. The van der Waals surface area contributed by atoms with Gasteiger partial charge in [0, 0.05) is 18.2 Å². The molecule has 0 aromatic heterocycles. The molecule has 0 aliphatic heterocycles. The van der Waals surface area contributed by atoms with Gasteiger partial charge in [-0.3, -0.25) is 4.79 Å². The van der Waals surface area contributed by atoms with E-state index in [-0.39, 0.29) is 16.8 Å². The van der Waals surface area contributed by atoms with Crippen LogP contribution in [-0.4, -0.2) is 26.9 Å². The smallest absolute Gasteiger partial charge is 0.251 e. The molecule has 0 bridgehead atoms. The second-order valence-corrected chi connectivity index (χ2v) is 8.69. The minimum absolute atomic E-state index is 0.0183. The van der Waals surface area contributed by atoms with Gasteiger partial charge in [0.1, 0.15) is 0 Å². The van der Waals surface area contributed by atoms with E-state index >= 15 is 0 Å². The van der Waals surface area contributed by atoms with Crippen molar-refractivity contribution in [1.29, 1.82) is 0 Å². The topological polar surface area (TPSA) is 75.3 Å². The number of nitrogens with one attached hydrogen (secondary N) is 2. The van der Waals surface area contributed by atoms with Crippen molar-refractivity contribution < 1.29 is 13.2 Å². The minimum atomic E-state index is -3.54. The summed E-state index contributed by atoms with van der Waals surface area (Å²) < 4.78 is 27.8. The van der Waals surface area contributed by atoms with Gasteiger partial charge in [0.25, 0.3) is 5.91 Å². The molecule has 1 saturated carbocycles. The molecule has 3 rings (SSSR count). The monoisotopic (exact) mass is 386 g/mol. The zero-order valence-electron chi connectivity index (χ0n) is 15.4. The van der Waals surface area contributed by atoms with Crippen molar-refractivity contribution in [3.63, 3.8) is 0 Å². The highest BCUT2D eigenvalue weighted by Crippen LogP contribution is 2.20. The maximum Gasteiger partial charge on any atom is 0.251 e. The maximum absolute atomic E-state index is 12.5. The first-order chi connectivity index (χ1) is 13.0. The van der Waals surface area contributed by atoms with Gasteiger partial charge in [-0.1, -0.05) is 49.6 Å². The van der Waals surface area contributed by atoms with E-state index in [9.17, 15) is 13.2 Å². The molecule has 27 heavy (non-hydrogen) atoms. The summed E-state index contributed by atoms with van der Waals surface area (Å²) in [5, 5.41) is 2.87. The number of benzene rings is 2. The number of hydrogen-bond acceptors (Lipinski definition) is 3. The Balaban J connectivity index is 1.54. The zero-order valence-corrected chi connectivity index (χ0v) is 16.2. The van der Waals surface area contributed by atoms with E-state index in [0.717, 1.165) is 37.7 Å². The van der Waals surface area contributed by atoms with Crippen LogP contribution in [0.3, 0.4) is 0 Å². The molecule has 0 atom stereocenters. The number of carbonyl (C=O) groups is 1. The molecule has 1 aliphatic carbocycles. The lowest BCUT2D eigenvalue weighted by atomic mass is 9.96. The van der Waals surface area contributed by atoms with Crippen molar-refractivity contribution in [2.45, 2.75) is 49.5 Å². The average molecular weight is 387 g/mol. The third-order valence-electron chi connectivity index (χ3n) is 4.90. The fourth-order valence-corrected chi connectivity index (χ4v) is 4.67. The van der Waals surface area contributed by atoms with Gasteiger partial charge in [-0.15, -0.1) is 0 Å². The summed E-state index contributed by atoms with van der Waals surface area (Å²) in [7, 11) is -3.54. The van der Waals surface area contributed by atoms with E-state index in [1.165, 1.54) is 18.6 Å². The Bertz CT molecular complexity index is 843. The summed E-state index contributed by atoms with van der Waals surface area (Å²) in [6, 6.07) is 16.1. The molecule has 2 aromatic rings. The lowest BCUT2D eigenvalue weighted by Gasteiger charge is -2.22. The molecule has 5 nitrogen and oxygen atoms in total. The number of rotatable bonds is 7. The molecule has 2 aromatic carbocycles. The number of hydrogen-bond donors (Lipinski definition) is 2. The first-order valence-electron chi connectivity index (χ1n) is 9.49. The molecule has 6 heteroatoms. The number of amides is 1. The van der Waals surface area contributed by atoms with Crippen LogP contribution in [0.2, 0.25) is 0 Å². The van der Waals surface area contributed by atoms with Gasteiger partial charge in [-0.25, -0.2) is 13.1 Å². The molecular formula is C21H26N2O3S. The van der Waals surface area contributed by atoms with Crippen LogP contribution in [0.15, 0.2) is 59.5 Å². The summed E-state index contributed by atoms with van der Waals surface area (Å²) in [6.45, 7) is 0.534. The lowest BCUT2D eigenvalue weighted by Crippen LogP contribution is -2.36. The molecule has 0 heterocycles. The third kappa shape index (κ3) is 5.65. The van der Waals surface area contributed by atoms with Crippen molar-refractivity contribution in [2.75, 3.05) is 6.54 Å². The van der Waals surface area contributed by atoms with Gasteiger partial charge < -0.3 is 5.32 Å². The fourth-order valence-electron chi connectivity index (χ4n) is 3.36. The van der Waals surface area contributed by atoms with Gasteiger partial charge in [0.15, 0.2) is 0 Å². The number of carbonyl (C=O) groups excluding carboxylic acids is 1. The highest BCUT2D eigenvalue weighted by molar-refractivity contribution is 7.89. The fraction of sp³-hybridized carbons (Fsp3) is 0.381. The van der Waals surface area contributed by atoms with E-state index in [2.05, 4.69) is 10.0 Å². The molecule has 0 radical (unpaired) electrons. The molecule has 1 fully saturated rings. The molecule has 0 unspecified atom stereocenters. The summed E-state index contributed by atoms with van der Waals surface area (Å²) in [4.78, 5) is 12.4. The van der Waals surface area contributed by atoms with Gasteiger partial charge in [0.2, 0.25) is 10.0 Å². The van der Waals surface area contributed by atoms with E-state index in [1.807, 2.05) is 30.3 Å². The van der Waals surface area contributed by atoms with Crippen molar-refractivity contribution in [3.05, 3.63) is 65.7 Å². The predicted molar refractivity (Wildman–Crippen MR) is 106 cm³/mol. The maximum atomic E-state index is 12.5. The summed E-state index contributed by atoms with van der Waals surface area (Å²) in [5.74, 6) is -0.199. The van der Waals surface area contributed by atoms with Gasteiger partial charge in [0.05, 0.1) is 4.90 Å². The Kier molecular flexibility index (Phi) is 6.63. The van der Waals surface area contributed by atoms with Crippen LogP contribution in [-0.2, 0) is 16.4 Å². The Hall–Kier alpha value is -2.18. The van der Waals surface area contributed by atoms with Crippen LogP contribution in [0.1, 0.15) is 48.0 Å². The minimum Gasteiger partial charge on any atom is -0.352 e. The Morgan fingerprint density at radius 1 is 0.926 bits per heavy atom. The second-order valence-electron chi connectivity index (χ2n) is 6.97. The zero-order chi connectivity index (χ0) is 19.1. The normalized spacial score (nSPS) is 15.4. The van der Waals surface area contributed by atoms with Crippen LogP contribution in [0.4, 0.5) is 0 Å². The molecule has 1 amide bonds. The Morgan fingerprint density at radius 2 is 1.59 bits per heavy atom. The standard InChI is InChI=1S/C21H26N2O3S/c24-21(22-16-15-17-7-3-1-4-8-17)18-11-13-20(14-12-18)27(25,26)23-19-9-5-2-6-10-19/h1,3-4,7-8,11-14,19,23H,2,5-6,9-10,15-16H2,(H,22,24). The molecule has 2 N–H and O–H groups in total. The third-order valence-corrected chi connectivity index (χ3v) is 6.43. The Morgan fingerprint density at radius 3 is 2.26 bits per heavy atom. The van der Waals surface area contributed by atoms with E-state index in [1.54, 1.807) is 12.1 Å². The van der Waals surface area contributed by atoms with Crippen LogP contribution >= 0.6 is 0 Å². The van der Waals surface area contributed by atoms with Crippen LogP contribution in [0, 0.1) is 0 Å². The van der Waals surface area contributed by atoms with Gasteiger partial charge in [-0.05, 0) is 49.1 Å². The van der Waals surface area contributed by atoms with Crippen molar-refractivity contribution in [1.82, 2.24) is 10.0 Å². The first kappa shape index (κ1) is 19.6. The van der Waals surface area contributed by atoms with E-state index < -0.39 is 10.0 Å². The molecule has 1 aliphatic rings. The average Bonchev–Trinajstić information content (AvgIpc) is 2.69. The molecule has 0 spiro atoms. The van der Waals surface area contributed by atoms with Gasteiger partial charge in [-0.2, -0.15) is 0 Å². The largest absolute Gasteiger partial charge is 0.352 e. The van der Waals surface area contributed by atoms with Crippen LogP contribution in [0.5, 0.6) is 0 Å². The highest BCUT2D eigenvalue weighted by Gasteiger charge is 2.22. The summed E-state index contributed by atoms with van der Waals surface area (Å²) in [5.41, 5.74) is 1.62. The van der Waals surface area contributed by atoms with E-state index in [0.29, 0.717) is 12.1 Å². The van der Waals surface area contributed by atoms with Crippen molar-refractivity contribution in [2.24, 2.45) is 0 Å². The molecular weight excluding hydrogens is 360 g/mol. The SMILES string of the molecule is O=C(NCCc1ccccc1)c1ccc(S(=O)(=O)NC2CCCCC2)cc1. The molecule has 144 valence electrons. The highest BCUT2D eigenvalue weighted by atomic mass is 32.2. The Labute approximate surface area is 161 Å². The lowest BCUT2D eigenvalue weighted by molar-refractivity contribution is 0.0954. The second kappa shape index (κ2) is 9.15.